The van der Waals surface area contributed by atoms with Crippen LogP contribution in [0.1, 0.15) is 25.7 Å². The molecule has 1 nitrogen and oxygen atoms in total. The fourth-order valence-electron chi connectivity index (χ4n) is 2.44. The lowest BCUT2D eigenvalue weighted by Gasteiger charge is -2.36. The Balaban J connectivity index is 1.87. The molecule has 1 heterocycles. The number of rotatable bonds is 3. The van der Waals surface area contributed by atoms with E-state index in [1.807, 2.05) is 0 Å². The smallest absolute Gasteiger partial charge is 0.0464 e. The second-order valence-electron chi connectivity index (χ2n) is 4.16. The molecule has 70 valence electrons. The van der Waals surface area contributed by atoms with Crippen LogP contribution in [0.25, 0.3) is 0 Å². The van der Waals surface area contributed by atoms with Crippen molar-refractivity contribution >= 4 is 11.8 Å². The zero-order chi connectivity index (χ0) is 8.39. The number of aliphatic hydroxyl groups is 1. The molecule has 2 aliphatic rings. The van der Waals surface area contributed by atoms with Gasteiger partial charge in [0.15, 0.2) is 0 Å². The molecule has 0 amide bonds. The van der Waals surface area contributed by atoms with Crippen molar-refractivity contribution in [3.05, 3.63) is 0 Å². The van der Waals surface area contributed by atoms with Crippen LogP contribution in [0.2, 0.25) is 0 Å². The quantitative estimate of drug-likeness (QED) is 0.729. The molecule has 2 atom stereocenters. The molecular formula is C10H18OS. The maximum absolute atomic E-state index is 9.31. The molecule has 0 aromatic rings. The first-order valence-corrected chi connectivity index (χ1v) is 6.26. The van der Waals surface area contributed by atoms with Crippen LogP contribution in [0.3, 0.4) is 0 Å². The van der Waals surface area contributed by atoms with Gasteiger partial charge in [-0.15, -0.1) is 0 Å². The van der Waals surface area contributed by atoms with Crippen LogP contribution in [0.4, 0.5) is 0 Å². The summed E-state index contributed by atoms with van der Waals surface area (Å²) < 4.78 is 0. The molecule has 2 rings (SSSR count). The van der Waals surface area contributed by atoms with E-state index in [1.54, 1.807) is 0 Å². The summed E-state index contributed by atoms with van der Waals surface area (Å²) in [5.41, 5.74) is 0. The maximum Gasteiger partial charge on any atom is 0.0464 e. The van der Waals surface area contributed by atoms with Crippen molar-refractivity contribution in [1.82, 2.24) is 0 Å². The van der Waals surface area contributed by atoms with Crippen molar-refractivity contribution in [3.63, 3.8) is 0 Å². The average Bonchev–Trinajstić information content (AvgIpc) is 2.47. The average molecular weight is 186 g/mol. The first-order valence-electron chi connectivity index (χ1n) is 5.10. The SMILES string of the molecule is OCC(C1CCC1)C1CCSC1. The lowest BCUT2D eigenvalue weighted by atomic mass is 9.71. The lowest BCUT2D eigenvalue weighted by Crippen LogP contribution is -2.31. The van der Waals surface area contributed by atoms with Gasteiger partial charge in [0.2, 0.25) is 0 Å². The van der Waals surface area contributed by atoms with Crippen LogP contribution >= 0.6 is 11.8 Å². The normalized spacial score (nSPS) is 33.2. The highest BCUT2D eigenvalue weighted by Crippen LogP contribution is 2.41. The second kappa shape index (κ2) is 4.01. The molecule has 0 aromatic heterocycles. The highest BCUT2D eigenvalue weighted by molar-refractivity contribution is 7.99. The van der Waals surface area contributed by atoms with Gasteiger partial charge >= 0.3 is 0 Å². The standard InChI is InChI=1S/C10H18OS/c11-6-10(8-2-1-3-8)9-4-5-12-7-9/h8-11H,1-7H2. The minimum absolute atomic E-state index is 0.440. The van der Waals surface area contributed by atoms with Gasteiger partial charge in [-0.1, -0.05) is 19.3 Å². The van der Waals surface area contributed by atoms with E-state index in [0.717, 1.165) is 11.8 Å². The van der Waals surface area contributed by atoms with E-state index in [1.165, 1.54) is 37.2 Å². The highest BCUT2D eigenvalue weighted by Gasteiger charge is 2.34. The van der Waals surface area contributed by atoms with Crippen LogP contribution in [0.5, 0.6) is 0 Å². The van der Waals surface area contributed by atoms with Crippen molar-refractivity contribution in [1.29, 1.82) is 0 Å². The van der Waals surface area contributed by atoms with Gasteiger partial charge < -0.3 is 5.11 Å². The Labute approximate surface area is 78.9 Å². The molecular weight excluding hydrogens is 168 g/mol. The molecule has 2 heteroatoms. The van der Waals surface area contributed by atoms with Crippen LogP contribution in [0, 0.1) is 17.8 Å². The number of hydrogen-bond donors (Lipinski definition) is 1. The Morgan fingerprint density at radius 3 is 2.50 bits per heavy atom. The van der Waals surface area contributed by atoms with Crippen molar-refractivity contribution < 1.29 is 5.11 Å². The fourth-order valence-corrected chi connectivity index (χ4v) is 3.79. The third kappa shape index (κ3) is 1.64. The maximum atomic E-state index is 9.31. The van der Waals surface area contributed by atoms with Crippen LogP contribution in [0.15, 0.2) is 0 Å². The van der Waals surface area contributed by atoms with E-state index in [4.69, 9.17) is 0 Å². The largest absolute Gasteiger partial charge is 0.396 e. The van der Waals surface area contributed by atoms with Gasteiger partial charge in [0, 0.05) is 6.61 Å². The summed E-state index contributed by atoms with van der Waals surface area (Å²) in [6.45, 7) is 0.440. The van der Waals surface area contributed by atoms with Crippen LogP contribution < -0.4 is 0 Å². The lowest BCUT2D eigenvalue weighted by molar-refractivity contribution is 0.0850. The molecule has 2 fully saturated rings. The molecule has 1 aliphatic heterocycles. The monoisotopic (exact) mass is 186 g/mol. The minimum Gasteiger partial charge on any atom is -0.396 e. The van der Waals surface area contributed by atoms with Gasteiger partial charge in [-0.25, -0.2) is 0 Å². The zero-order valence-electron chi connectivity index (χ0n) is 7.54. The summed E-state index contributed by atoms with van der Waals surface area (Å²) in [5.74, 6) is 4.99. The van der Waals surface area contributed by atoms with Gasteiger partial charge in [-0.05, 0) is 35.7 Å². The summed E-state index contributed by atoms with van der Waals surface area (Å²) in [7, 11) is 0. The van der Waals surface area contributed by atoms with Crippen molar-refractivity contribution in [2.75, 3.05) is 18.1 Å². The van der Waals surface area contributed by atoms with E-state index in [0.29, 0.717) is 12.5 Å². The Bertz CT molecular complexity index is 139. The highest BCUT2D eigenvalue weighted by atomic mass is 32.2. The summed E-state index contributed by atoms with van der Waals surface area (Å²) in [6.07, 6.45) is 5.52. The number of thioether (sulfide) groups is 1. The predicted molar refractivity (Wildman–Crippen MR) is 53.3 cm³/mol. The molecule has 1 N–H and O–H groups in total. The van der Waals surface area contributed by atoms with E-state index >= 15 is 0 Å². The second-order valence-corrected chi connectivity index (χ2v) is 5.31. The Morgan fingerprint density at radius 1 is 1.25 bits per heavy atom. The van der Waals surface area contributed by atoms with E-state index < -0.39 is 0 Å². The summed E-state index contributed by atoms with van der Waals surface area (Å²) in [4.78, 5) is 0. The van der Waals surface area contributed by atoms with Crippen molar-refractivity contribution in [2.45, 2.75) is 25.7 Å². The topological polar surface area (TPSA) is 20.2 Å². The minimum atomic E-state index is 0.440. The molecule has 0 bridgehead atoms. The first kappa shape index (κ1) is 8.89. The van der Waals surface area contributed by atoms with E-state index in [9.17, 15) is 5.11 Å². The summed E-state index contributed by atoms with van der Waals surface area (Å²) in [5, 5.41) is 9.31. The van der Waals surface area contributed by atoms with Gasteiger partial charge in [0.25, 0.3) is 0 Å². The molecule has 2 unspecified atom stereocenters. The van der Waals surface area contributed by atoms with Gasteiger partial charge in [0.05, 0.1) is 0 Å². The predicted octanol–water partition coefficient (Wildman–Crippen LogP) is 2.15. The van der Waals surface area contributed by atoms with Crippen LogP contribution in [-0.4, -0.2) is 23.2 Å². The van der Waals surface area contributed by atoms with Gasteiger partial charge in [-0.2, -0.15) is 11.8 Å². The van der Waals surface area contributed by atoms with E-state index in [2.05, 4.69) is 11.8 Å². The van der Waals surface area contributed by atoms with Crippen LogP contribution in [-0.2, 0) is 0 Å². The zero-order valence-corrected chi connectivity index (χ0v) is 8.35. The van der Waals surface area contributed by atoms with E-state index in [-0.39, 0.29) is 0 Å². The number of hydrogen-bond acceptors (Lipinski definition) is 2. The molecule has 1 aliphatic carbocycles. The molecule has 12 heavy (non-hydrogen) atoms. The molecule has 1 saturated heterocycles. The Kier molecular flexibility index (Phi) is 2.97. The van der Waals surface area contributed by atoms with Gasteiger partial charge in [0.1, 0.15) is 0 Å². The molecule has 0 radical (unpaired) electrons. The Hall–Kier alpha value is 0.310. The third-order valence-electron chi connectivity index (χ3n) is 3.54. The fraction of sp³-hybridized carbons (Fsp3) is 1.00. The molecule has 0 spiro atoms. The third-order valence-corrected chi connectivity index (χ3v) is 4.72. The van der Waals surface area contributed by atoms with Crippen molar-refractivity contribution in [3.8, 4) is 0 Å². The summed E-state index contributed by atoms with van der Waals surface area (Å²) >= 11 is 2.07. The summed E-state index contributed by atoms with van der Waals surface area (Å²) in [6, 6.07) is 0. The first-order chi connectivity index (χ1) is 5.92. The van der Waals surface area contributed by atoms with Gasteiger partial charge in [-0.3, -0.25) is 0 Å². The molecule has 0 aromatic carbocycles. The Morgan fingerprint density at radius 2 is 2.08 bits per heavy atom. The number of aliphatic hydroxyl groups excluding tert-OH is 1. The molecule has 1 saturated carbocycles. The van der Waals surface area contributed by atoms with Crippen molar-refractivity contribution in [2.24, 2.45) is 17.8 Å².